The zero-order valence-corrected chi connectivity index (χ0v) is 13.4. The summed E-state index contributed by atoms with van der Waals surface area (Å²) in [4.78, 5) is 55.7. The molecule has 0 radical (unpaired) electrons. The van der Waals surface area contributed by atoms with Crippen molar-refractivity contribution >= 4 is 23.5 Å². The van der Waals surface area contributed by atoms with E-state index in [-0.39, 0.29) is 10.7 Å². The Morgan fingerprint density at radius 2 is 1.69 bits per heavy atom. The maximum atomic E-state index is 12.3. The SMILES string of the molecule is C[C@@](C(=O)NCC(=O)NCC(=O)O)(N(c1ccccc1)[N+](=O)[O-])[N+](=O)[O-]. The monoisotopic (exact) mass is 369 g/mol. The van der Waals surface area contributed by atoms with Gasteiger partial charge in [0.1, 0.15) is 12.2 Å². The van der Waals surface area contributed by atoms with Crippen molar-refractivity contribution < 1.29 is 29.4 Å². The summed E-state index contributed by atoms with van der Waals surface area (Å²) in [6, 6.07) is 6.72. The topological polar surface area (TPSA) is 185 Å². The highest BCUT2D eigenvalue weighted by atomic mass is 16.7. The number of benzene rings is 1. The number of nitro groups is 2. The molecule has 1 rings (SSSR count). The van der Waals surface area contributed by atoms with Crippen LogP contribution in [-0.2, 0) is 14.4 Å². The van der Waals surface area contributed by atoms with Gasteiger partial charge in [-0.15, -0.1) is 0 Å². The molecule has 0 saturated carbocycles. The van der Waals surface area contributed by atoms with Crippen LogP contribution in [0.15, 0.2) is 30.3 Å². The molecule has 1 atom stereocenters. The van der Waals surface area contributed by atoms with Gasteiger partial charge in [0.05, 0.1) is 11.5 Å². The second-order valence-electron chi connectivity index (χ2n) is 5.02. The highest BCUT2D eigenvalue weighted by molar-refractivity contribution is 5.91. The summed E-state index contributed by atoms with van der Waals surface area (Å²) in [7, 11) is 0. The molecule has 26 heavy (non-hydrogen) atoms. The quantitative estimate of drug-likeness (QED) is 0.279. The van der Waals surface area contributed by atoms with E-state index in [1.165, 1.54) is 30.3 Å². The summed E-state index contributed by atoms with van der Waals surface area (Å²) in [6.07, 6.45) is 0. The van der Waals surface area contributed by atoms with Crippen molar-refractivity contribution in [2.24, 2.45) is 0 Å². The maximum absolute atomic E-state index is 12.3. The van der Waals surface area contributed by atoms with Crippen LogP contribution in [0.2, 0.25) is 0 Å². The fourth-order valence-electron chi connectivity index (χ4n) is 1.89. The number of carbonyl (C=O) groups is 3. The van der Waals surface area contributed by atoms with Crippen LogP contribution >= 0.6 is 0 Å². The van der Waals surface area contributed by atoms with Gasteiger partial charge in [0, 0.05) is 6.92 Å². The molecule has 0 fully saturated rings. The van der Waals surface area contributed by atoms with Gasteiger partial charge in [0.25, 0.3) is 0 Å². The number of carboxylic acid groups (broad SMARTS) is 1. The van der Waals surface area contributed by atoms with Crippen LogP contribution in [0.1, 0.15) is 6.92 Å². The molecule has 0 aromatic heterocycles. The molecule has 0 unspecified atom stereocenters. The van der Waals surface area contributed by atoms with E-state index in [0.29, 0.717) is 6.92 Å². The summed E-state index contributed by atoms with van der Waals surface area (Å²) < 4.78 is 0. The lowest BCUT2D eigenvalue weighted by molar-refractivity contribution is -0.619. The van der Waals surface area contributed by atoms with Gasteiger partial charge >= 0.3 is 17.5 Å². The molecule has 2 amide bonds. The Hall–Kier alpha value is -3.77. The molecular weight excluding hydrogens is 354 g/mol. The van der Waals surface area contributed by atoms with E-state index in [9.17, 15) is 34.6 Å². The molecule has 0 aliphatic rings. The maximum Gasteiger partial charge on any atom is 0.423 e. The third-order valence-electron chi connectivity index (χ3n) is 3.21. The molecule has 0 aliphatic heterocycles. The fraction of sp³-hybridized carbons (Fsp3) is 0.308. The number of para-hydroxylation sites is 1. The van der Waals surface area contributed by atoms with Crippen LogP contribution in [0.3, 0.4) is 0 Å². The number of aliphatic carboxylic acids is 1. The minimum absolute atomic E-state index is 0.0670. The first-order valence-electron chi connectivity index (χ1n) is 7.01. The lowest BCUT2D eigenvalue weighted by Gasteiger charge is -2.25. The average Bonchev–Trinajstić information content (AvgIpc) is 2.58. The van der Waals surface area contributed by atoms with Crippen molar-refractivity contribution in [3.05, 3.63) is 50.6 Å². The molecule has 0 bridgehead atoms. The van der Waals surface area contributed by atoms with Crippen molar-refractivity contribution in [1.29, 1.82) is 0 Å². The lowest BCUT2D eigenvalue weighted by Crippen LogP contribution is -2.64. The Morgan fingerprint density at radius 3 is 2.15 bits per heavy atom. The number of hydrazine groups is 1. The number of nitrogens with zero attached hydrogens (tertiary/aromatic N) is 3. The van der Waals surface area contributed by atoms with E-state index in [4.69, 9.17) is 5.11 Å². The number of nitrogens with one attached hydrogen (secondary N) is 2. The molecule has 1 aromatic carbocycles. The Bertz CT molecular complexity index is 725. The van der Waals surface area contributed by atoms with E-state index in [2.05, 4.69) is 0 Å². The Labute approximate surface area is 145 Å². The van der Waals surface area contributed by atoms with Gasteiger partial charge in [-0.3, -0.25) is 24.5 Å². The Morgan fingerprint density at radius 1 is 1.12 bits per heavy atom. The summed E-state index contributed by atoms with van der Waals surface area (Å²) >= 11 is 0. The molecule has 0 aliphatic carbocycles. The minimum Gasteiger partial charge on any atom is -0.480 e. The van der Waals surface area contributed by atoms with E-state index in [0.717, 1.165) is 0 Å². The van der Waals surface area contributed by atoms with Gasteiger partial charge in [-0.25, -0.2) is 10.1 Å². The molecule has 0 spiro atoms. The summed E-state index contributed by atoms with van der Waals surface area (Å²) in [5.74, 6) is -3.68. The predicted octanol–water partition coefficient (Wildman–Crippen LogP) is -1.01. The molecule has 1 aromatic rings. The van der Waals surface area contributed by atoms with E-state index in [1.54, 1.807) is 0 Å². The third kappa shape index (κ3) is 4.62. The molecule has 0 heterocycles. The number of rotatable bonds is 9. The van der Waals surface area contributed by atoms with E-state index < -0.39 is 46.5 Å². The van der Waals surface area contributed by atoms with Crippen LogP contribution in [-0.4, -0.2) is 51.6 Å². The van der Waals surface area contributed by atoms with Crippen LogP contribution in [0.5, 0.6) is 0 Å². The number of hydrogen-bond acceptors (Lipinski definition) is 7. The molecule has 13 heteroatoms. The highest BCUT2D eigenvalue weighted by Crippen LogP contribution is 2.25. The zero-order valence-electron chi connectivity index (χ0n) is 13.4. The van der Waals surface area contributed by atoms with Crippen molar-refractivity contribution in [2.75, 3.05) is 18.1 Å². The second-order valence-corrected chi connectivity index (χ2v) is 5.02. The normalized spacial score (nSPS) is 12.3. The average molecular weight is 369 g/mol. The first-order chi connectivity index (χ1) is 12.1. The van der Waals surface area contributed by atoms with Crippen molar-refractivity contribution in [1.82, 2.24) is 10.6 Å². The second kappa shape index (κ2) is 8.36. The van der Waals surface area contributed by atoms with E-state index in [1.807, 2.05) is 10.6 Å². The molecule has 3 N–H and O–H groups in total. The van der Waals surface area contributed by atoms with Crippen molar-refractivity contribution in [2.45, 2.75) is 12.6 Å². The van der Waals surface area contributed by atoms with Gasteiger partial charge in [0.2, 0.25) is 5.91 Å². The summed E-state index contributed by atoms with van der Waals surface area (Å²) in [5, 5.41) is 34.1. The highest BCUT2D eigenvalue weighted by Gasteiger charge is 2.59. The van der Waals surface area contributed by atoms with Crippen LogP contribution in [0, 0.1) is 20.2 Å². The first-order valence-corrected chi connectivity index (χ1v) is 7.01. The first kappa shape index (κ1) is 20.3. The van der Waals surface area contributed by atoms with E-state index >= 15 is 0 Å². The largest absolute Gasteiger partial charge is 0.480 e. The third-order valence-corrected chi connectivity index (χ3v) is 3.21. The number of amides is 2. The standard InChI is InChI=1S/C13H15N5O8/c1-13(17(23)24,12(22)15-7-10(19)14-8-11(20)21)16(18(25)26)9-5-3-2-4-6-9/h2-6H,7-8H2,1H3,(H,14,19)(H,15,22)(H,20,21)/t13-/m1/s1. The van der Waals surface area contributed by atoms with Gasteiger partial charge in [-0.1, -0.05) is 18.2 Å². The number of carbonyl (C=O) groups excluding carboxylic acids is 2. The molecule has 13 nitrogen and oxygen atoms in total. The van der Waals surface area contributed by atoms with Gasteiger partial charge in [-0.2, -0.15) is 0 Å². The van der Waals surface area contributed by atoms with Crippen LogP contribution in [0.25, 0.3) is 0 Å². The van der Waals surface area contributed by atoms with Gasteiger partial charge < -0.3 is 15.7 Å². The number of hydrogen-bond donors (Lipinski definition) is 3. The zero-order chi connectivity index (χ0) is 19.9. The van der Waals surface area contributed by atoms with Gasteiger partial charge in [0.15, 0.2) is 5.03 Å². The fourth-order valence-corrected chi connectivity index (χ4v) is 1.89. The van der Waals surface area contributed by atoms with Crippen LogP contribution < -0.4 is 15.6 Å². The Balaban J connectivity index is 3.05. The minimum atomic E-state index is -2.86. The van der Waals surface area contributed by atoms with Gasteiger partial charge in [-0.05, 0) is 17.1 Å². The summed E-state index contributed by atoms with van der Waals surface area (Å²) in [5.41, 5.74) is -3.08. The molecular formula is C13H15N5O8. The number of anilines is 1. The summed E-state index contributed by atoms with van der Waals surface area (Å²) in [6.45, 7) is -0.796. The Kier molecular flexibility index (Phi) is 6.52. The van der Waals surface area contributed by atoms with Crippen LogP contribution in [0.4, 0.5) is 5.69 Å². The van der Waals surface area contributed by atoms with Crippen molar-refractivity contribution in [3.8, 4) is 0 Å². The number of carboxylic acids is 1. The smallest absolute Gasteiger partial charge is 0.423 e. The lowest BCUT2D eigenvalue weighted by atomic mass is 10.1. The molecule has 0 saturated heterocycles. The predicted molar refractivity (Wildman–Crippen MR) is 85.0 cm³/mol. The van der Waals surface area contributed by atoms with Crippen molar-refractivity contribution in [3.63, 3.8) is 0 Å². The molecule has 140 valence electrons.